The SMILES string of the molecule is CC[SiH](CC)CC.Nc1ncc(-c2ccccc2)c2c1C(=O)NC2.Nc1ncc(-c2ccccc2)c2c1C(=O)NC2O.O=CC(F)(F)F. The van der Waals surface area contributed by atoms with E-state index in [0.717, 1.165) is 22.3 Å². The molecule has 2 aromatic carbocycles. The van der Waals surface area contributed by atoms with E-state index in [0.29, 0.717) is 29.1 Å². The first-order chi connectivity index (χ1) is 22.9. The molecule has 4 aromatic rings. The van der Waals surface area contributed by atoms with Crippen LogP contribution in [0.1, 0.15) is 58.8 Å². The number of benzene rings is 2. The summed E-state index contributed by atoms with van der Waals surface area (Å²) < 4.78 is 31.2. The van der Waals surface area contributed by atoms with Crippen LogP contribution in [-0.2, 0) is 11.3 Å². The lowest BCUT2D eigenvalue weighted by atomic mass is 9.98. The highest BCUT2D eigenvalue weighted by Crippen LogP contribution is 2.35. The van der Waals surface area contributed by atoms with Crippen LogP contribution in [0.15, 0.2) is 73.1 Å². The summed E-state index contributed by atoms with van der Waals surface area (Å²) in [4.78, 5) is 40.1. The number of aliphatic hydroxyl groups is 1. The molecule has 2 aliphatic heterocycles. The molecule has 0 bridgehead atoms. The Hall–Kier alpha value is -5.08. The second-order valence-corrected chi connectivity index (χ2v) is 15.0. The summed E-state index contributed by atoms with van der Waals surface area (Å²) in [7, 11) is -0.171. The van der Waals surface area contributed by atoms with Crippen molar-refractivity contribution in [3.8, 4) is 22.3 Å². The van der Waals surface area contributed by atoms with Crippen molar-refractivity contribution >= 4 is 38.5 Å². The number of nitrogens with two attached hydrogens (primary N) is 2. The number of nitrogens with zero attached hydrogens (tertiary/aromatic N) is 2. The van der Waals surface area contributed by atoms with Crippen LogP contribution in [0.3, 0.4) is 0 Å². The van der Waals surface area contributed by atoms with Gasteiger partial charge in [0.2, 0.25) is 6.29 Å². The first kappa shape index (κ1) is 37.4. The van der Waals surface area contributed by atoms with Gasteiger partial charge >= 0.3 is 6.18 Å². The summed E-state index contributed by atoms with van der Waals surface area (Å²) in [6.07, 6.45) is -3.43. The molecule has 1 atom stereocenters. The van der Waals surface area contributed by atoms with Crippen molar-refractivity contribution in [3.05, 3.63) is 95.3 Å². The van der Waals surface area contributed by atoms with Crippen molar-refractivity contribution in [2.75, 3.05) is 11.5 Å². The molecule has 6 rings (SSSR count). The molecule has 0 fully saturated rings. The number of nitrogens with one attached hydrogen (secondary N) is 2. The number of carbonyl (C=O) groups excluding carboxylic acids is 3. The third kappa shape index (κ3) is 9.48. The van der Waals surface area contributed by atoms with Gasteiger partial charge in [-0.15, -0.1) is 0 Å². The molecule has 0 aliphatic carbocycles. The van der Waals surface area contributed by atoms with Crippen LogP contribution >= 0.6 is 0 Å². The Morgan fingerprint density at radius 1 is 0.833 bits per heavy atom. The van der Waals surface area contributed by atoms with Crippen LogP contribution in [0.4, 0.5) is 24.8 Å². The van der Waals surface area contributed by atoms with Crippen LogP contribution in [0.2, 0.25) is 18.1 Å². The van der Waals surface area contributed by atoms with Crippen molar-refractivity contribution in [2.24, 2.45) is 0 Å². The van der Waals surface area contributed by atoms with Gasteiger partial charge in [-0.25, -0.2) is 9.97 Å². The number of alkyl halides is 3. The lowest BCUT2D eigenvalue weighted by Crippen LogP contribution is -2.18. The minimum Gasteiger partial charge on any atom is -0.383 e. The van der Waals surface area contributed by atoms with E-state index in [4.69, 9.17) is 16.3 Å². The Labute approximate surface area is 278 Å². The third-order valence-corrected chi connectivity index (χ3v) is 11.3. The fourth-order valence-electron chi connectivity index (χ4n) is 5.17. The molecule has 1 unspecified atom stereocenters. The Morgan fingerprint density at radius 2 is 1.29 bits per heavy atom. The number of rotatable bonds is 5. The summed E-state index contributed by atoms with van der Waals surface area (Å²) in [5.41, 5.74) is 17.3. The molecule has 7 N–H and O–H groups in total. The number of anilines is 2. The smallest absolute Gasteiger partial charge is 0.383 e. The number of pyridine rings is 2. The monoisotopic (exact) mass is 680 g/mol. The quantitative estimate of drug-likeness (QED) is 0.133. The van der Waals surface area contributed by atoms with Crippen LogP contribution in [0, 0.1) is 0 Å². The lowest BCUT2D eigenvalue weighted by molar-refractivity contribution is -0.156. The van der Waals surface area contributed by atoms with Crippen LogP contribution in [0.5, 0.6) is 0 Å². The Kier molecular flexibility index (Phi) is 13.4. The zero-order valence-electron chi connectivity index (χ0n) is 26.8. The van der Waals surface area contributed by atoms with Crippen molar-refractivity contribution in [1.82, 2.24) is 20.6 Å². The Balaban J connectivity index is 0.000000193. The Bertz CT molecular complexity index is 1700. The molecule has 10 nitrogen and oxygen atoms in total. The molecule has 0 radical (unpaired) electrons. The fraction of sp³-hybridized carbons (Fsp3) is 0.265. The second-order valence-electron chi connectivity index (χ2n) is 10.8. The molecule has 2 aliphatic rings. The molecule has 2 amide bonds. The van der Waals surface area contributed by atoms with Crippen molar-refractivity contribution in [1.29, 1.82) is 0 Å². The number of aliphatic hydroxyl groups excluding tert-OH is 1. The van der Waals surface area contributed by atoms with Crippen LogP contribution in [0.25, 0.3) is 22.3 Å². The number of carbonyl (C=O) groups is 3. The molecule has 0 saturated heterocycles. The first-order valence-electron chi connectivity index (χ1n) is 15.3. The average Bonchev–Trinajstić information content (AvgIpc) is 3.63. The van der Waals surface area contributed by atoms with Gasteiger partial charge in [0, 0.05) is 44.4 Å². The fourth-order valence-corrected chi connectivity index (χ4v) is 6.90. The Morgan fingerprint density at radius 3 is 1.75 bits per heavy atom. The van der Waals surface area contributed by atoms with Crippen LogP contribution < -0.4 is 22.1 Å². The summed E-state index contributed by atoms with van der Waals surface area (Å²) in [5, 5.41) is 15.1. The molecule has 14 heteroatoms. The van der Waals surface area contributed by atoms with Gasteiger partial charge in [0.05, 0.1) is 11.1 Å². The van der Waals surface area contributed by atoms with Gasteiger partial charge in [-0.2, -0.15) is 13.2 Å². The topological polar surface area (TPSA) is 173 Å². The van der Waals surface area contributed by atoms with E-state index in [-0.39, 0.29) is 32.0 Å². The van der Waals surface area contributed by atoms with Crippen molar-refractivity contribution in [3.63, 3.8) is 0 Å². The minimum absolute atomic E-state index is 0.136. The van der Waals surface area contributed by atoms with E-state index in [2.05, 4.69) is 41.4 Å². The maximum Gasteiger partial charge on any atom is 0.446 e. The van der Waals surface area contributed by atoms with Gasteiger partial charge in [0.15, 0.2) is 6.23 Å². The second kappa shape index (κ2) is 17.2. The summed E-state index contributed by atoms with van der Waals surface area (Å²) in [6, 6.07) is 23.8. The van der Waals surface area contributed by atoms with E-state index in [1.54, 1.807) is 12.4 Å². The van der Waals surface area contributed by atoms with Gasteiger partial charge in [0.1, 0.15) is 11.6 Å². The zero-order valence-corrected chi connectivity index (χ0v) is 28.0. The van der Waals surface area contributed by atoms with E-state index in [1.165, 1.54) is 18.1 Å². The predicted molar refractivity (Wildman–Crippen MR) is 182 cm³/mol. The van der Waals surface area contributed by atoms with Gasteiger partial charge in [0.25, 0.3) is 11.8 Å². The number of halogens is 3. The minimum atomic E-state index is -4.64. The largest absolute Gasteiger partial charge is 0.446 e. The highest BCUT2D eigenvalue weighted by atomic mass is 28.3. The molecule has 48 heavy (non-hydrogen) atoms. The number of fused-ring (bicyclic) bond motifs is 2. The molecule has 254 valence electrons. The first-order valence-corrected chi connectivity index (χ1v) is 17.8. The van der Waals surface area contributed by atoms with Gasteiger partial charge in [-0.1, -0.05) is 99.6 Å². The van der Waals surface area contributed by atoms with Gasteiger partial charge < -0.3 is 27.2 Å². The number of nitrogen functional groups attached to an aromatic ring is 2. The highest BCUT2D eigenvalue weighted by molar-refractivity contribution is 6.58. The highest BCUT2D eigenvalue weighted by Gasteiger charge is 2.33. The number of hydrogen-bond donors (Lipinski definition) is 5. The predicted octanol–water partition coefficient (Wildman–Crippen LogP) is 5.66. The van der Waals surface area contributed by atoms with Gasteiger partial charge in [-0.3, -0.25) is 14.4 Å². The lowest BCUT2D eigenvalue weighted by Gasteiger charge is -2.10. The summed E-state index contributed by atoms with van der Waals surface area (Å²) in [5.74, 6) is -0.0866. The average molecular weight is 681 g/mol. The van der Waals surface area contributed by atoms with Crippen molar-refractivity contribution in [2.45, 2.75) is 57.9 Å². The summed E-state index contributed by atoms with van der Waals surface area (Å²) in [6.45, 7) is 7.49. The maximum absolute atomic E-state index is 11.7. The molecule has 2 aromatic heterocycles. The number of aromatic nitrogens is 2. The van der Waals surface area contributed by atoms with Gasteiger partial charge in [-0.05, 0) is 16.7 Å². The van der Waals surface area contributed by atoms with E-state index < -0.39 is 18.7 Å². The number of aldehydes is 1. The van der Waals surface area contributed by atoms with E-state index in [1.807, 2.05) is 60.7 Å². The molecular formula is C34H39F3N6O4Si. The normalized spacial score (nSPS) is 14.1. The molecular weight excluding hydrogens is 641 g/mol. The molecule has 0 spiro atoms. The maximum atomic E-state index is 11.7. The van der Waals surface area contributed by atoms with E-state index in [9.17, 15) is 27.9 Å². The number of hydrogen-bond acceptors (Lipinski definition) is 8. The third-order valence-electron chi connectivity index (χ3n) is 7.82. The standard InChI is InChI=1S/C13H11N3O2.C13H11N3O.C6H16Si.C2HF3O/c14-11-10-9(12(17)16-13(10)18)8(6-15-11)7-4-2-1-3-5-7;14-12-11-10(7-16-13(11)17)9(6-15-12)8-4-2-1-3-5-8;1-4-7(5-2)6-3;3-2(4,5)1-6/h1-6,12,17H,(H2,14,15)(H,16,18);1-6H,7H2,(H2,14,15)(H,16,17);7H,4-6H2,1-3H3;1H. The van der Waals surface area contributed by atoms with Crippen LogP contribution in [-0.4, -0.2) is 48.1 Å². The number of amides is 2. The zero-order chi connectivity index (χ0) is 35.4. The summed E-state index contributed by atoms with van der Waals surface area (Å²) >= 11 is 0. The van der Waals surface area contributed by atoms with Crippen molar-refractivity contribution < 1.29 is 32.7 Å². The molecule has 0 saturated carbocycles. The molecule has 4 heterocycles. The van der Waals surface area contributed by atoms with E-state index >= 15 is 0 Å².